The normalized spacial score (nSPS) is 11.1. The number of nitrogens with zero attached hydrogens (tertiary/aromatic N) is 1. The highest BCUT2D eigenvalue weighted by molar-refractivity contribution is 9.10. The summed E-state index contributed by atoms with van der Waals surface area (Å²) in [4.78, 5) is 0. The van der Waals surface area contributed by atoms with Crippen LogP contribution in [0.4, 0.5) is 0 Å². The first-order chi connectivity index (χ1) is 7.61. The zero-order chi connectivity index (χ0) is 11.9. The van der Waals surface area contributed by atoms with Gasteiger partial charge in [0.1, 0.15) is 5.75 Å². The van der Waals surface area contributed by atoms with Crippen LogP contribution in [0, 0.1) is 6.92 Å². The number of hydrogen-bond donors (Lipinski definition) is 1. The van der Waals surface area contributed by atoms with Crippen LogP contribution < -0.4 is 10.5 Å². The van der Waals surface area contributed by atoms with Gasteiger partial charge >= 0.3 is 0 Å². The Hall–Kier alpha value is -1.00. The molecule has 0 fully saturated rings. The second kappa shape index (κ2) is 4.11. The summed E-state index contributed by atoms with van der Waals surface area (Å²) < 4.78 is 8.56. The van der Waals surface area contributed by atoms with E-state index in [-0.39, 0.29) is 0 Å². The van der Waals surface area contributed by atoms with Crippen molar-refractivity contribution in [1.29, 1.82) is 0 Å². The molecule has 3 nitrogen and oxygen atoms in total. The number of rotatable bonds is 2. The van der Waals surface area contributed by atoms with Crippen molar-refractivity contribution < 1.29 is 4.74 Å². The minimum Gasteiger partial charge on any atom is -0.495 e. The molecule has 1 aromatic heterocycles. The third-order valence-electron chi connectivity index (χ3n) is 3.10. The van der Waals surface area contributed by atoms with Crippen molar-refractivity contribution in [1.82, 2.24) is 4.57 Å². The Balaban J connectivity index is 2.96. The van der Waals surface area contributed by atoms with Gasteiger partial charge in [-0.05, 0) is 40.5 Å². The van der Waals surface area contributed by atoms with Gasteiger partial charge in [0, 0.05) is 24.7 Å². The average molecular weight is 283 g/mol. The number of nitrogens with two attached hydrogens (primary N) is 1. The van der Waals surface area contributed by atoms with Gasteiger partial charge in [-0.3, -0.25) is 0 Å². The Bertz CT molecular complexity index is 546. The van der Waals surface area contributed by atoms with Crippen molar-refractivity contribution in [2.24, 2.45) is 12.8 Å². The number of methoxy groups -OCH3 is 1. The van der Waals surface area contributed by atoms with E-state index in [1.54, 1.807) is 7.11 Å². The fourth-order valence-electron chi connectivity index (χ4n) is 2.13. The number of hydrogen-bond acceptors (Lipinski definition) is 2. The first-order valence-corrected chi connectivity index (χ1v) is 5.91. The highest BCUT2D eigenvalue weighted by Crippen LogP contribution is 2.37. The molecule has 86 valence electrons. The van der Waals surface area contributed by atoms with Crippen molar-refractivity contribution in [2.45, 2.75) is 13.5 Å². The van der Waals surface area contributed by atoms with Crippen LogP contribution in [0.15, 0.2) is 16.6 Å². The summed E-state index contributed by atoms with van der Waals surface area (Å²) in [5.74, 6) is 0.863. The van der Waals surface area contributed by atoms with Gasteiger partial charge in [0.05, 0.1) is 17.1 Å². The van der Waals surface area contributed by atoms with Crippen molar-refractivity contribution in [3.8, 4) is 5.75 Å². The van der Waals surface area contributed by atoms with Crippen molar-refractivity contribution >= 4 is 26.8 Å². The third-order valence-corrected chi connectivity index (χ3v) is 3.72. The molecule has 2 N–H and O–H groups in total. The second-order valence-electron chi connectivity index (χ2n) is 3.80. The molecule has 0 radical (unpaired) electrons. The van der Waals surface area contributed by atoms with E-state index in [4.69, 9.17) is 10.5 Å². The maximum absolute atomic E-state index is 5.82. The number of halogens is 1. The first-order valence-electron chi connectivity index (χ1n) is 5.12. The highest BCUT2D eigenvalue weighted by Gasteiger charge is 2.16. The molecule has 4 heteroatoms. The van der Waals surface area contributed by atoms with Crippen LogP contribution in [0.3, 0.4) is 0 Å². The first kappa shape index (κ1) is 11.5. The van der Waals surface area contributed by atoms with E-state index in [2.05, 4.69) is 33.5 Å². The molecule has 0 atom stereocenters. The molecule has 0 saturated heterocycles. The van der Waals surface area contributed by atoms with Gasteiger partial charge in [0.15, 0.2) is 0 Å². The third kappa shape index (κ3) is 1.44. The lowest BCUT2D eigenvalue weighted by Gasteiger charge is -2.06. The molecule has 0 aliphatic heterocycles. The Morgan fingerprint density at radius 3 is 2.69 bits per heavy atom. The molecule has 0 bridgehead atoms. The van der Waals surface area contributed by atoms with Gasteiger partial charge in [0.2, 0.25) is 0 Å². The fraction of sp³-hybridized carbons (Fsp3) is 0.333. The van der Waals surface area contributed by atoms with E-state index in [1.165, 1.54) is 5.69 Å². The zero-order valence-electron chi connectivity index (χ0n) is 9.67. The smallest absolute Gasteiger partial charge is 0.142 e. The lowest BCUT2D eigenvalue weighted by atomic mass is 10.1. The van der Waals surface area contributed by atoms with E-state index in [1.807, 2.05) is 13.1 Å². The summed E-state index contributed by atoms with van der Waals surface area (Å²) in [5.41, 5.74) is 9.31. The molecular weight excluding hydrogens is 268 g/mol. The van der Waals surface area contributed by atoms with Crippen LogP contribution in [0.2, 0.25) is 0 Å². The molecule has 0 amide bonds. The summed E-state index contributed by atoms with van der Waals surface area (Å²) >= 11 is 3.50. The Morgan fingerprint density at radius 1 is 1.44 bits per heavy atom. The average Bonchev–Trinajstić information content (AvgIpc) is 2.52. The molecule has 0 saturated carbocycles. The molecule has 0 aliphatic carbocycles. The Kier molecular flexibility index (Phi) is 2.95. The van der Waals surface area contributed by atoms with Crippen molar-refractivity contribution in [3.05, 3.63) is 27.9 Å². The largest absolute Gasteiger partial charge is 0.495 e. The standard InChI is InChI=1S/C12H15BrN2O/c1-7-8(6-14)11-10(15(7)2)5-4-9(13)12(11)16-3/h4-5H,6,14H2,1-3H3. The van der Waals surface area contributed by atoms with Gasteiger partial charge in [-0.15, -0.1) is 0 Å². The fourth-order valence-corrected chi connectivity index (χ4v) is 2.62. The number of ether oxygens (including phenoxy) is 1. The lowest BCUT2D eigenvalue weighted by molar-refractivity contribution is 0.417. The van der Waals surface area contributed by atoms with Gasteiger partial charge < -0.3 is 15.0 Å². The number of fused-ring (bicyclic) bond motifs is 1. The van der Waals surface area contributed by atoms with Crippen molar-refractivity contribution in [3.63, 3.8) is 0 Å². The van der Waals surface area contributed by atoms with E-state index in [0.29, 0.717) is 6.54 Å². The molecule has 1 aromatic carbocycles. The summed E-state index contributed by atoms with van der Waals surface area (Å²) in [6.07, 6.45) is 0. The Labute approximate surface area is 103 Å². The molecule has 2 rings (SSSR count). The predicted octanol–water partition coefficient (Wildman–Crippen LogP) is 2.72. The van der Waals surface area contributed by atoms with Gasteiger partial charge in [0.25, 0.3) is 0 Å². The van der Waals surface area contributed by atoms with Crippen LogP contribution in [0.1, 0.15) is 11.3 Å². The van der Waals surface area contributed by atoms with E-state index < -0.39 is 0 Å². The molecular formula is C12H15BrN2O. The van der Waals surface area contributed by atoms with E-state index >= 15 is 0 Å². The monoisotopic (exact) mass is 282 g/mol. The lowest BCUT2D eigenvalue weighted by Crippen LogP contribution is -1.99. The topological polar surface area (TPSA) is 40.2 Å². The van der Waals surface area contributed by atoms with Crippen LogP contribution in [-0.4, -0.2) is 11.7 Å². The summed E-state index contributed by atoms with van der Waals surface area (Å²) in [6, 6.07) is 4.08. The second-order valence-corrected chi connectivity index (χ2v) is 4.66. The quantitative estimate of drug-likeness (QED) is 0.920. The molecule has 2 aromatic rings. The minimum absolute atomic E-state index is 0.524. The Morgan fingerprint density at radius 2 is 2.12 bits per heavy atom. The zero-order valence-corrected chi connectivity index (χ0v) is 11.3. The molecule has 0 spiro atoms. The highest BCUT2D eigenvalue weighted by atomic mass is 79.9. The van der Waals surface area contributed by atoms with Crippen LogP contribution >= 0.6 is 15.9 Å². The predicted molar refractivity (Wildman–Crippen MR) is 69.8 cm³/mol. The SMILES string of the molecule is COc1c(Br)ccc2c1c(CN)c(C)n2C. The molecule has 16 heavy (non-hydrogen) atoms. The molecule has 0 aliphatic rings. The summed E-state index contributed by atoms with van der Waals surface area (Å²) in [5, 5.41) is 1.11. The number of aromatic nitrogens is 1. The summed E-state index contributed by atoms with van der Waals surface area (Å²) in [7, 11) is 3.73. The van der Waals surface area contributed by atoms with Crippen molar-refractivity contribution in [2.75, 3.05) is 7.11 Å². The molecule has 0 unspecified atom stereocenters. The van der Waals surface area contributed by atoms with Gasteiger partial charge in [-0.1, -0.05) is 0 Å². The molecule has 1 heterocycles. The van der Waals surface area contributed by atoms with Gasteiger partial charge in [-0.2, -0.15) is 0 Å². The maximum Gasteiger partial charge on any atom is 0.142 e. The number of benzene rings is 1. The van der Waals surface area contributed by atoms with Gasteiger partial charge in [-0.25, -0.2) is 0 Å². The minimum atomic E-state index is 0.524. The van der Waals surface area contributed by atoms with Crippen LogP contribution in [-0.2, 0) is 13.6 Å². The van der Waals surface area contributed by atoms with Crippen LogP contribution in [0.25, 0.3) is 10.9 Å². The van der Waals surface area contributed by atoms with E-state index in [9.17, 15) is 0 Å². The summed E-state index contributed by atoms with van der Waals surface area (Å²) in [6.45, 7) is 2.60. The maximum atomic E-state index is 5.82. The van der Waals surface area contributed by atoms with E-state index in [0.717, 1.165) is 26.7 Å². The van der Waals surface area contributed by atoms with Crippen LogP contribution in [0.5, 0.6) is 5.75 Å². The number of aryl methyl sites for hydroxylation is 1.